The summed E-state index contributed by atoms with van der Waals surface area (Å²) in [6.45, 7) is 5.93. The third-order valence-corrected chi connectivity index (χ3v) is 5.54. The first-order valence-electron chi connectivity index (χ1n) is 11.4. The molecule has 0 unspecified atom stereocenters. The maximum atomic E-state index is 13.1. The van der Waals surface area contributed by atoms with Gasteiger partial charge in [0.1, 0.15) is 17.2 Å². The monoisotopic (exact) mass is 470 g/mol. The van der Waals surface area contributed by atoms with Gasteiger partial charge < -0.3 is 19.8 Å². The lowest BCUT2D eigenvalue weighted by molar-refractivity contribution is -0.120. The van der Waals surface area contributed by atoms with E-state index in [4.69, 9.17) is 14.9 Å². The highest BCUT2D eigenvalue weighted by Gasteiger charge is 2.24. The van der Waals surface area contributed by atoms with Crippen molar-refractivity contribution < 1.29 is 13.9 Å². The number of hydrogen-bond donors (Lipinski definition) is 2. The van der Waals surface area contributed by atoms with E-state index >= 15 is 0 Å². The van der Waals surface area contributed by atoms with Crippen LogP contribution in [0.1, 0.15) is 45.1 Å². The molecule has 1 aromatic carbocycles. The summed E-state index contributed by atoms with van der Waals surface area (Å²) in [5.41, 5.74) is 5.46. The van der Waals surface area contributed by atoms with E-state index in [1.165, 1.54) is 15.5 Å². The fourth-order valence-corrected chi connectivity index (χ4v) is 3.67. The third kappa shape index (κ3) is 5.38. The van der Waals surface area contributed by atoms with Crippen LogP contribution < -0.4 is 32.2 Å². The Hall–Kier alpha value is -3.82. The largest absolute Gasteiger partial charge is 0.484 e. The average Bonchev–Trinajstić information content (AvgIpc) is 2.79. The number of nitrogens with one attached hydrogen (secondary N) is 1. The second kappa shape index (κ2) is 10.9. The highest BCUT2D eigenvalue weighted by molar-refractivity contribution is 5.96. The van der Waals surface area contributed by atoms with Gasteiger partial charge in [-0.05, 0) is 37.5 Å². The van der Waals surface area contributed by atoms with Gasteiger partial charge in [-0.25, -0.2) is 9.59 Å². The Kier molecular flexibility index (Phi) is 7.93. The molecule has 0 spiro atoms. The quantitative estimate of drug-likeness (QED) is 0.434. The number of carbonyl (C=O) groups excluding carboxylic acids is 1. The van der Waals surface area contributed by atoms with Crippen LogP contribution in [-0.2, 0) is 11.3 Å². The van der Waals surface area contributed by atoms with Gasteiger partial charge in [-0.1, -0.05) is 26.7 Å². The molecule has 0 aliphatic rings. The van der Waals surface area contributed by atoms with Gasteiger partial charge in [0.05, 0.1) is 0 Å². The van der Waals surface area contributed by atoms with E-state index in [2.05, 4.69) is 4.98 Å². The lowest BCUT2D eigenvalue weighted by Crippen LogP contribution is -2.43. The summed E-state index contributed by atoms with van der Waals surface area (Å²) in [4.78, 5) is 53.3. The fraction of sp³-hybridized carbons (Fsp3) is 0.417. The zero-order valence-electron chi connectivity index (χ0n) is 19.7. The summed E-state index contributed by atoms with van der Waals surface area (Å²) < 4.78 is 12.2. The molecule has 0 saturated carbocycles. The number of aryl methyl sites for hydroxylation is 1. The minimum Gasteiger partial charge on any atom is -0.484 e. The van der Waals surface area contributed by atoms with Crippen molar-refractivity contribution in [3.8, 4) is 5.75 Å². The Morgan fingerprint density at radius 3 is 2.59 bits per heavy atom. The first kappa shape index (κ1) is 24.8. The van der Waals surface area contributed by atoms with Gasteiger partial charge in [0, 0.05) is 30.6 Å². The Labute approximate surface area is 195 Å². The molecule has 10 nitrogen and oxygen atoms in total. The zero-order valence-corrected chi connectivity index (χ0v) is 19.7. The average molecular weight is 471 g/mol. The summed E-state index contributed by atoms with van der Waals surface area (Å²) >= 11 is 0. The molecule has 182 valence electrons. The van der Waals surface area contributed by atoms with Crippen molar-refractivity contribution in [2.75, 3.05) is 23.8 Å². The number of aromatic nitrogens is 2. The van der Waals surface area contributed by atoms with Crippen molar-refractivity contribution in [1.82, 2.24) is 9.55 Å². The van der Waals surface area contributed by atoms with Crippen LogP contribution in [0, 0.1) is 6.92 Å². The fourth-order valence-electron chi connectivity index (χ4n) is 3.67. The van der Waals surface area contributed by atoms with Crippen LogP contribution in [0.15, 0.2) is 43.1 Å². The molecule has 0 aliphatic heterocycles. The second-order valence-electron chi connectivity index (χ2n) is 8.09. The van der Waals surface area contributed by atoms with Crippen LogP contribution in [0.4, 0.5) is 11.5 Å². The lowest BCUT2D eigenvalue weighted by Gasteiger charge is -2.24. The van der Waals surface area contributed by atoms with Crippen molar-refractivity contribution >= 4 is 28.4 Å². The van der Waals surface area contributed by atoms with Crippen molar-refractivity contribution in [3.63, 3.8) is 0 Å². The standard InChI is InChI=1S/C24H30N4O6/c1-4-6-10-27(21-22(25)28(11-7-5-2)24(32)26-23(21)31)19(29)14-33-16-8-9-17-15(3)12-20(30)34-18(17)13-16/h8-9,12-13H,4-7,10-11,14,25H2,1-3H3,(H,26,31,32). The van der Waals surface area contributed by atoms with Crippen LogP contribution in [-0.4, -0.2) is 28.6 Å². The summed E-state index contributed by atoms with van der Waals surface area (Å²) in [6, 6.07) is 6.36. The van der Waals surface area contributed by atoms with Crippen LogP contribution >= 0.6 is 0 Å². The lowest BCUT2D eigenvalue weighted by atomic mass is 10.1. The van der Waals surface area contributed by atoms with Crippen molar-refractivity contribution in [2.24, 2.45) is 0 Å². The molecule has 0 atom stereocenters. The molecule has 34 heavy (non-hydrogen) atoms. The highest BCUT2D eigenvalue weighted by atomic mass is 16.5. The first-order valence-corrected chi connectivity index (χ1v) is 11.4. The van der Waals surface area contributed by atoms with Gasteiger partial charge in [0.2, 0.25) is 0 Å². The molecule has 10 heteroatoms. The van der Waals surface area contributed by atoms with E-state index in [0.717, 1.165) is 23.8 Å². The van der Waals surface area contributed by atoms with E-state index in [9.17, 15) is 19.2 Å². The molecule has 3 N–H and O–H groups in total. The Bertz CT molecular complexity index is 1350. The molecular weight excluding hydrogens is 440 g/mol. The van der Waals surface area contributed by atoms with Gasteiger partial charge in [0.15, 0.2) is 12.3 Å². The number of hydrogen-bond acceptors (Lipinski definition) is 7. The van der Waals surface area contributed by atoms with Crippen molar-refractivity contribution in [3.05, 3.63) is 61.1 Å². The first-order chi connectivity index (χ1) is 16.3. The van der Waals surface area contributed by atoms with Gasteiger partial charge in [0.25, 0.3) is 11.5 Å². The maximum Gasteiger partial charge on any atom is 0.336 e. The number of nitrogens with zero attached hydrogens (tertiary/aromatic N) is 2. The number of fused-ring (bicyclic) bond motifs is 1. The van der Waals surface area contributed by atoms with E-state index in [1.54, 1.807) is 25.1 Å². The molecule has 0 aliphatic carbocycles. The zero-order chi connectivity index (χ0) is 24.8. The molecule has 0 bridgehead atoms. The number of anilines is 2. The summed E-state index contributed by atoms with van der Waals surface area (Å²) in [5.74, 6) is -0.202. The van der Waals surface area contributed by atoms with Crippen LogP contribution in [0.3, 0.4) is 0 Å². The third-order valence-electron chi connectivity index (χ3n) is 5.54. The second-order valence-corrected chi connectivity index (χ2v) is 8.09. The molecule has 0 radical (unpaired) electrons. The number of nitrogens with two attached hydrogens (primary N) is 1. The molecular formula is C24H30N4O6. The maximum absolute atomic E-state index is 13.1. The van der Waals surface area contributed by atoms with Crippen molar-refractivity contribution in [2.45, 2.75) is 53.0 Å². The molecule has 3 rings (SSSR count). The number of benzene rings is 1. The van der Waals surface area contributed by atoms with E-state index in [0.29, 0.717) is 30.7 Å². The van der Waals surface area contributed by atoms with Crippen molar-refractivity contribution in [1.29, 1.82) is 0 Å². The number of unbranched alkanes of at least 4 members (excludes halogenated alkanes) is 2. The van der Waals surface area contributed by atoms with Gasteiger partial charge >= 0.3 is 11.3 Å². The van der Waals surface area contributed by atoms with Gasteiger partial charge in [-0.2, -0.15) is 0 Å². The van der Waals surface area contributed by atoms with E-state index < -0.39 is 22.8 Å². The molecule has 1 amide bonds. The van der Waals surface area contributed by atoms with E-state index in [1.807, 2.05) is 13.8 Å². The number of aromatic amines is 1. The number of nitrogen functional groups attached to an aromatic ring is 1. The van der Waals surface area contributed by atoms with Crippen LogP contribution in [0.5, 0.6) is 5.75 Å². The summed E-state index contributed by atoms with van der Waals surface area (Å²) in [7, 11) is 0. The molecule has 2 aromatic heterocycles. The van der Waals surface area contributed by atoms with E-state index in [-0.39, 0.29) is 24.7 Å². The molecule has 3 aromatic rings. The SMILES string of the molecule is CCCCN(C(=O)COc1ccc2c(C)cc(=O)oc2c1)c1c(N)n(CCCC)c(=O)[nH]c1=O. The number of H-pyrrole nitrogens is 1. The van der Waals surface area contributed by atoms with Gasteiger partial charge in [-0.3, -0.25) is 19.1 Å². The Morgan fingerprint density at radius 1 is 1.15 bits per heavy atom. The van der Waals surface area contributed by atoms with Gasteiger partial charge in [-0.15, -0.1) is 0 Å². The summed E-state index contributed by atoms with van der Waals surface area (Å²) in [5, 5.41) is 0.761. The molecule has 0 fully saturated rings. The van der Waals surface area contributed by atoms with Crippen LogP contribution in [0.25, 0.3) is 11.0 Å². The molecule has 0 saturated heterocycles. The molecule has 2 heterocycles. The highest BCUT2D eigenvalue weighted by Crippen LogP contribution is 2.23. The van der Waals surface area contributed by atoms with Crippen LogP contribution in [0.2, 0.25) is 0 Å². The Balaban J connectivity index is 1.89. The topological polar surface area (TPSA) is 141 Å². The number of ether oxygens (including phenoxy) is 1. The number of rotatable bonds is 10. The minimum atomic E-state index is -0.720. The predicted molar refractivity (Wildman–Crippen MR) is 131 cm³/mol. The number of carbonyl (C=O) groups is 1. The number of amides is 1. The predicted octanol–water partition coefficient (Wildman–Crippen LogP) is 2.55. The normalized spacial score (nSPS) is 11.0. The smallest absolute Gasteiger partial charge is 0.336 e. The minimum absolute atomic E-state index is 0.0467. The Morgan fingerprint density at radius 2 is 1.88 bits per heavy atom. The summed E-state index contributed by atoms with van der Waals surface area (Å²) in [6.07, 6.45) is 2.93.